The fraction of sp³-hybridized carbons (Fsp3) is 0.0909. The highest BCUT2D eigenvalue weighted by Gasteiger charge is 2.13. The normalized spacial score (nSPS) is 10.3. The van der Waals surface area contributed by atoms with Gasteiger partial charge >= 0.3 is 0 Å². The van der Waals surface area contributed by atoms with Gasteiger partial charge in [0, 0.05) is 10.4 Å². The van der Waals surface area contributed by atoms with Crippen molar-refractivity contribution in [3.8, 4) is 0 Å². The van der Waals surface area contributed by atoms with Gasteiger partial charge in [-0.3, -0.25) is 4.79 Å². The second-order valence-electron chi connectivity index (χ2n) is 3.08. The first-order valence-corrected chi connectivity index (χ1v) is 5.27. The summed E-state index contributed by atoms with van der Waals surface area (Å²) < 4.78 is 12.6. The number of carbonyl (C=O) groups is 1. The summed E-state index contributed by atoms with van der Waals surface area (Å²) in [5.41, 5.74) is 0.914. The van der Waals surface area contributed by atoms with E-state index < -0.39 is 5.82 Å². The monoisotopic (exact) mass is 221 g/mol. The highest BCUT2D eigenvalue weighted by atomic mass is 32.1. The van der Waals surface area contributed by atoms with E-state index in [4.69, 9.17) is 0 Å². The summed E-state index contributed by atoms with van der Waals surface area (Å²) >= 11 is 1.51. The van der Waals surface area contributed by atoms with Crippen molar-refractivity contribution in [1.82, 2.24) is 4.98 Å². The van der Waals surface area contributed by atoms with Crippen molar-refractivity contribution in [3.63, 3.8) is 0 Å². The van der Waals surface area contributed by atoms with E-state index in [2.05, 4.69) is 4.98 Å². The van der Waals surface area contributed by atoms with Gasteiger partial charge in [0.05, 0.1) is 6.20 Å². The average Bonchev–Trinajstić information content (AvgIpc) is 2.65. The maximum absolute atomic E-state index is 12.6. The van der Waals surface area contributed by atoms with Gasteiger partial charge in [-0.15, -0.1) is 11.3 Å². The number of carbonyl (C=O) groups excluding carboxylic acids is 1. The summed E-state index contributed by atoms with van der Waals surface area (Å²) in [5, 5.41) is 1.85. The van der Waals surface area contributed by atoms with Crippen LogP contribution in [0.15, 0.2) is 29.8 Å². The van der Waals surface area contributed by atoms with E-state index in [-0.39, 0.29) is 11.5 Å². The molecule has 0 bridgehead atoms. The Morgan fingerprint density at radius 2 is 2.20 bits per heavy atom. The molecule has 4 heteroatoms. The second-order valence-corrected chi connectivity index (χ2v) is 4.20. The van der Waals surface area contributed by atoms with E-state index in [0.717, 1.165) is 11.1 Å². The Hall–Kier alpha value is -1.55. The molecule has 0 amide bonds. The molecule has 0 saturated heterocycles. The zero-order chi connectivity index (χ0) is 10.8. The smallest absolute Gasteiger partial charge is 0.212 e. The number of hydrogen-bond acceptors (Lipinski definition) is 3. The number of halogens is 1. The topological polar surface area (TPSA) is 30.0 Å². The van der Waals surface area contributed by atoms with Crippen molar-refractivity contribution in [2.75, 3.05) is 0 Å². The molecule has 2 rings (SSSR count). The molecule has 15 heavy (non-hydrogen) atoms. The molecular weight excluding hydrogens is 213 g/mol. The van der Waals surface area contributed by atoms with E-state index in [1.165, 1.54) is 23.5 Å². The van der Waals surface area contributed by atoms with E-state index in [1.54, 1.807) is 6.07 Å². The predicted octanol–water partition coefficient (Wildman–Crippen LogP) is 2.82. The summed E-state index contributed by atoms with van der Waals surface area (Å²) in [6, 6.07) is 4.39. The van der Waals surface area contributed by atoms with Gasteiger partial charge in [-0.05, 0) is 30.5 Å². The Morgan fingerprint density at radius 1 is 1.40 bits per heavy atom. The van der Waals surface area contributed by atoms with E-state index in [1.807, 2.05) is 12.3 Å². The number of aryl methyl sites for hydroxylation is 1. The molecule has 0 N–H and O–H groups in total. The molecule has 0 aromatic carbocycles. The quantitative estimate of drug-likeness (QED) is 0.730. The van der Waals surface area contributed by atoms with E-state index >= 15 is 0 Å². The predicted molar refractivity (Wildman–Crippen MR) is 56.7 cm³/mol. The third kappa shape index (κ3) is 1.94. The van der Waals surface area contributed by atoms with Crippen LogP contribution in [0.2, 0.25) is 0 Å². The van der Waals surface area contributed by atoms with Crippen LogP contribution in [0.25, 0.3) is 0 Å². The second kappa shape index (κ2) is 3.90. The maximum atomic E-state index is 12.6. The Morgan fingerprint density at radius 3 is 2.73 bits per heavy atom. The number of hydrogen-bond donors (Lipinski definition) is 0. The van der Waals surface area contributed by atoms with E-state index in [9.17, 15) is 9.18 Å². The lowest BCUT2D eigenvalue weighted by Crippen LogP contribution is -2.03. The number of nitrogens with zero attached hydrogens (tertiary/aromatic N) is 1. The molecule has 0 aliphatic rings. The Balaban J connectivity index is 2.37. The minimum atomic E-state index is -0.436. The van der Waals surface area contributed by atoms with Gasteiger partial charge in [0.1, 0.15) is 11.5 Å². The minimum absolute atomic E-state index is 0.159. The van der Waals surface area contributed by atoms with Gasteiger partial charge in [-0.25, -0.2) is 9.37 Å². The molecule has 0 radical (unpaired) electrons. The number of pyridine rings is 1. The standard InChI is InChI=1S/C11H8FNOS/c1-7-9(4-5-15-7)11(14)10-3-2-8(12)6-13-10/h2-6H,1H3. The van der Waals surface area contributed by atoms with Crippen LogP contribution in [0, 0.1) is 12.7 Å². The maximum Gasteiger partial charge on any atom is 0.212 e. The molecule has 2 nitrogen and oxygen atoms in total. The highest BCUT2D eigenvalue weighted by Crippen LogP contribution is 2.18. The molecule has 0 atom stereocenters. The first-order chi connectivity index (χ1) is 7.18. The Kier molecular flexibility index (Phi) is 2.60. The van der Waals surface area contributed by atoms with Crippen LogP contribution < -0.4 is 0 Å². The number of thiophene rings is 1. The number of ketones is 1. The Labute approximate surface area is 90.4 Å². The lowest BCUT2D eigenvalue weighted by atomic mass is 10.1. The van der Waals surface area contributed by atoms with Crippen LogP contribution in [0.3, 0.4) is 0 Å². The van der Waals surface area contributed by atoms with Crippen molar-refractivity contribution in [2.45, 2.75) is 6.92 Å². The third-order valence-corrected chi connectivity index (χ3v) is 2.91. The third-order valence-electron chi connectivity index (χ3n) is 2.06. The molecule has 0 spiro atoms. The van der Waals surface area contributed by atoms with Gasteiger partial charge in [0.15, 0.2) is 0 Å². The molecule has 2 aromatic rings. The lowest BCUT2D eigenvalue weighted by molar-refractivity contribution is 0.103. The van der Waals surface area contributed by atoms with Gasteiger partial charge in [0.2, 0.25) is 5.78 Å². The molecular formula is C11H8FNOS. The van der Waals surface area contributed by atoms with Crippen LogP contribution >= 0.6 is 11.3 Å². The van der Waals surface area contributed by atoms with Crippen LogP contribution in [0.5, 0.6) is 0 Å². The molecule has 0 fully saturated rings. The molecule has 2 aromatic heterocycles. The summed E-state index contributed by atoms with van der Waals surface area (Å²) in [7, 11) is 0. The van der Waals surface area contributed by atoms with Crippen LogP contribution in [0.1, 0.15) is 20.9 Å². The summed E-state index contributed by atoms with van der Waals surface area (Å²) in [4.78, 5) is 16.6. The van der Waals surface area contributed by atoms with Crippen molar-refractivity contribution in [1.29, 1.82) is 0 Å². The van der Waals surface area contributed by atoms with Crippen LogP contribution in [0.4, 0.5) is 4.39 Å². The Bertz CT molecular complexity index is 490. The fourth-order valence-corrected chi connectivity index (χ4v) is 1.96. The average molecular weight is 221 g/mol. The van der Waals surface area contributed by atoms with Gasteiger partial charge < -0.3 is 0 Å². The zero-order valence-electron chi connectivity index (χ0n) is 8.03. The fourth-order valence-electron chi connectivity index (χ4n) is 1.27. The molecule has 0 unspecified atom stereocenters. The molecule has 0 aliphatic carbocycles. The highest BCUT2D eigenvalue weighted by molar-refractivity contribution is 7.10. The molecule has 2 heterocycles. The first kappa shape index (κ1) is 9.98. The number of rotatable bonds is 2. The summed E-state index contributed by atoms with van der Waals surface area (Å²) in [6.45, 7) is 1.88. The van der Waals surface area contributed by atoms with Crippen LogP contribution in [-0.4, -0.2) is 10.8 Å². The minimum Gasteiger partial charge on any atom is -0.287 e. The lowest BCUT2D eigenvalue weighted by Gasteiger charge is -1.98. The van der Waals surface area contributed by atoms with Crippen molar-refractivity contribution in [3.05, 3.63) is 51.7 Å². The SMILES string of the molecule is Cc1sccc1C(=O)c1ccc(F)cn1. The van der Waals surface area contributed by atoms with Crippen molar-refractivity contribution >= 4 is 17.1 Å². The summed E-state index contributed by atoms with van der Waals surface area (Å²) in [6.07, 6.45) is 1.05. The van der Waals surface area contributed by atoms with Gasteiger partial charge in [-0.2, -0.15) is 0 Å². The molecule has 0 saturated carbocycles. The van der Waals surface area contributed by atoms with Gasteiger partial charge in [-0.1, -0.05) is 0 Å². The zero-order valence-corrected chi connectivity index (χ0v) is 8.84. The van der Waals surface area contributed by atoms with Gasteiger partial charge in [0.25, 0.3) is 0 Å². The van der Waals surface area contributed by atoms with Crippen molar-refractivity contribution in [2.24, 2.45) is 0 Å². The van der Waals surface area contributed by atoms with E-state index in [0.29, 0.717) is 5.56 Å². The van der Waals surface area contributed by atoms with Crippen LogP contribution in [-0.2, 0) is 0 Å². The summed E-state index contributed by atoms with van der Waals surface area (Å²) in [5.74, 6) is -0.595. The molecule has 0 aliphatic heterocycles. The largest absolute Gasteiger partial charge is 0.287 e. The van der Waals surface area contributed by atoms with Crippen molar-refractivity contribution < 1.29 is 9.18 Å². The first-order valence-electron chi connectivity index (χ1n) is 4.39. The number of aromatic nitrogens is 1. The molecule has 76 valence electrons.